The fourth-order valence-electron chi connectivity index (χ4n) is 1.44. The minimum absolute atomic E-state index is 0. The predicted molar refractivity (Wildman–Crippen MR) is 66.3 cm³/mol. The van der Waals surface area contributed by atoms with Gasteiger partial charge in [-0.15, -0.1) is 0 Å². The number of nitrogens with two attached hydrogens (primary N) is 2. The smallest absolute Gasteiger partial charge is 0.480 e. The Bertz CT molecular complexity index is 285. The van der Waals surface area contributed by atoms with Crippen molar-refractivity contribution in [3.8, 4) is 0 Å². The van der Waals surface area contributed by atoms with Crippen molar-refractivity contribution in [1.82, 2.24) is 0 Å². The van der Waals surface area contributed by atoms with E-state index in [9.17, 15) is 9.59 Å². The Hall–Kier alpha value is -0.532. The first-order valence-electron chi connectivity index (χ1n) is 5.93. The maximum absolute atomic E-state index is 10.4. The average molecular weight is 473 g/mol. The molecular formula is C11H22N2O6Pt+2. The third-order valence-electron chi connectivity index (χ3n) is 3.56. The first kappa shape index (κ1) is 21.8. The molecule has 0 saturated heterocycles. The number of aliphatic hydroxyl groups is 2. The Morgan fingerprint density at radius 1 is 1.00 bits per heavy atom. The van der Waals surface area contributed by atoms with Crippen LogP contribution in [0.25, 0.3) is 0 Å². The van der Waals surface area contributed by atoms with Gasteiger partial charge in [0.25, 0.3) is 0 Å². The molecule has 0 aromatic carbocycles. The van der Waals surface area contributed by atoms with Crippen LogP contribution in [0.3, 0.4) is 0 Å². The second-order valence-corrected chi connectivity index (χ2v) is 4.77. The molecule has 8 nitrogen and oxygen atoms in total. The van der Waals surface area contributed by atoms with Crippen molar-refractivity contribution >= 4 is 11.9 Å². The molecule has 20 heavy (non-hydrogen) atoms. The first-order chi connectivity index (χ1) is 8.84. The summed E-state index contributed by atoms with van der Waals surface area (Å²) in [5.74, 6) is -2.41. The molecule has 0 aromatic rings. The SMILES string of the molecule is NCC(CN)(CO)CO.O=C(O)C1(C(=O)O)CCC1.[Pt+2]. The maximum Gasteiger partial charge on any atom is 2.00 e. The summed E-state index contributed by atoms with van der Waals surface area (Å²) in [7, 11) is 0. The number of aliphatic carboxylic acids is 2. The van der Waals surface area contributed by atoms with Crippen molar-refractivity contribution in [1.29, 1.82) is 0 Å². The van der Waals surface area contributed by atoms with Crippen molar-refractivity contribution in [2.24, 2.45) is 22.3 Å². The number of rotatable bonds is 6. The standard InChI is InChI=1S/C6H8O4.C5H14N2O2.Pt/c7-4(8)6(5(9)10)2-1-3-6;6-1-5(2-7,3-8)4-9;/h1-3H2,(H,7,8)(H,9,10);8-9H,1-4,6-7H2;/q;;+2. The number of aliphatic hydroxyl groups excluding tert-OH is 2. The molecule has 0 aromatic heterocycles. The van der Waals surface area contributed by atoms with Gasteiger partial charge in [0.05, 0.1) is 13.2 Å². The summed E-state index contributed by atoms with van der Waals surface area (Å²) in [5, 5.41) is 34.3. The Kier molecular flexibility index (Phi) is 10.2. The van der Waals surface area contributed by atoms with E-state index < -0.39 is 22.8 Å². The summed E-state index contributed by atoms with van der Waals surface area (Å²) < 4.78 is 0. The molecule has 0 radical (unpaired) electrons. The zero-order valence-corrected chi connectivity index (χ0v) is 13.3. The predicted octanol–water partition coefficient (Wildman–Crippen LogP) is -1.80. The Morgan fingerprint density at radius 2 is 1.35 bits per heavy atom. The molecular weight excluding hydrogens is 451 g/mol. The third kappa shape index (κ3) is 4.78. The molecule has 1 aliphatic carbocycles. The van der Waals surface area contributed by atoms with Crippen LogP contribution in [0.4, 0.5) is 0 Å². The molecule has 0 unspecified atom stereocenters. The Labute approximate surface area is 131 Å². The molecule has 0 aliphatic heterocycles. The van der Waals surface area contributed by atoms with E-state index in [2.05, 4.69) is 0 Å². The van der Waals surface area contributed by atoms with E-state index in [1.54, 1.807) is 0 Å². The van der Waals surface area contributed by atoms with Crippen molar-refractivity contribution in [3.63, 3.8) is 0 Å². The average Bonchev–Trinajstić information content (AvgIpc) is 2.31. The Morgan fingerprint density at radius 3 is 1.35 bits per heavy atom. The molecule has 1 rings (SSSR count). The Balaban J connectivity index is 0. The zero-order chi connectivity index (χ0) is 15.1. The fraction of sp³-hybridized carbons (Fsp3) is 0.818. The van der Waals surface area contributed by atoms with Crippen LogP contribution in [-0.4, -0.2) is 58.7 Å². The van der Waals surface area contributed by atoms with E-state index in [1.807, 2.05) is 0 Å². The molecule has 1 aliphatic rings. The van der Waals surface area contributed by atoms with Gasteiger partial charge in [-0.2, -0.15) is 0 Å². The molecule has 120 valence electrons. The van der Waals surface area contributed by atoms with Crippen molar-refractivity contribution in [2.75, 3.05) is 26.3 Å². The minimum atomic E-state index is -1.44. The number of hydrogen-bond acceptors (Lipinski definition) is 6. The summed E-state index contributed by atoms with van der Waals surface area (Å²) in [6, 6.07) is 0. The summed E-state index contributed by atoms with van der Waals surface area (Å²) >= 11 is 0. The second kappa shape index (κ2) is 9.41. The van der Waals surface area contributed by atoms with Crippen molar-refractivity contribution in [2.45, 2.75) is 19.3 Å². The van der Waals surface area contributed by atoms with Crippen molar-refractivity contribution < 1.29 is 51.1 Å². The molecule has 1 fully saturated rings. The van der Waals surface area contributed by atoms with Gasteiger partial charge < -0.3 is 31.9 Å². The van der Waals surface area contributed by atoms with Crippen LogP contribution in [0.2, 0.25) is 0 Å². The van der Waals surface area contributed by atoms with Gasteiger partial charge in [-0.25, -0.2) is 0 Å². The minimum Gasteiger partial charge on any atom is -0.480 e. The van der Waals surface area contributed by atoms with Crippen LogP contribution < -0.4 is 11.5 Å². The van der Waals surface area contributed by atoms with E-state index in [0.717, 1.165) is 0 Å². The van der Waals surface area contributed by atoms with Crippen LogP contribution in [-0.2, 0) is 30.7 Å². The third-order valence-corrected chi connectivity index (χ3v) is 3.56. The molecule has 0 spiro atoms. The van der Waals surface area contributed by atoms with E-state index >= 15 is 0 Å². The van der Waals surface area contributed by atoms with E-state index in [1.165, 1.54) is 0 Å². The number of carboxylic acid groups (broad SMARTS) is 2. The van der Waals surface area contributed by atoms with Crippen LogP contribution in [0, 0.1) is 10.8 Å². The van der Waals surface area contributed by atoms with E-state index in [-0.39, 0.29) is 60.2 Å². The first-order valence-corrected chi connectivity index (χ1v) is 5.93. The van der Waals surface area contributed by atoms with Gasteiger partial charge in [0.2, 0.25) is 0 Å². The van der Waals surface area contributed by atoms with Gasteiger partial charge in [0.15, 0.2) is 5.41 Å². The van der Waals surface area contributed by atoms with Gasteiger partial charge >= 0.3 is 33.0 Å². The normalized spacial score (nSPS) is 16.0. The van der Waals surface area contributed by atoms with Crippen LogP contribution in [0.1, 0.15) is 19.3 Å². The molecule has 0 bridgehead atoms. The van der Waals surface area contributed by atoms with Gasteiger partial charge in [0, 0.05) is 18.5 Å². The molecule has 0 amide bonds. The second-order valence-electron chi connectivity index (χ2n) is 4.77. The molecule has 9 heteroatoms. The summed E-state index contributed by atoms with van der Waals surface area (Å²) in [6.07, 6.45) is 1.26. The van der Waals surface area contributed by atoms with Crippen molar-refractivity contribution in [3.05, 3.63) is 0 Å². The molecule has 1 saturated carbocycles. The fourth-order valence-corrected chi connectivity index (χ4v) is 1.44. The number of carbonyl (C=O) groups is 2. The largest absolute Gasteiger partial charge is 2.00 e. The van der Waals surface area contributed by atoms with E-state index in [4.69, 9.17) is 31.9 Å². The van der Waals surface area contributed by atoms with Crippen LogP contribution in [0.5, 0.6) is 0 Å². The van der Waals surface area contributed by atoms with Gasteiger partial charge in [-0.05, 0) is 19.3 Å². The van der Waals surface area contributed by atoms with Gasteiger partial charge in [-0.1, -0.05) is 0 Å². The summed E-state index contributed by atoms with van der Waals surface area (Å²) in [4.78, 5) is 20.7. The zero-order valence-electron chi connectivity index (χ0n) is 11.0. The topological polar surface area (TPSA) is 167 Å². The molecule has 0 atom stereocenters. The molecule has 0 heterocycles. The number of carboxylic acids is 2. The van der Waals surface area contributed by atoms with Crippen LogP contribution in [0.15, 0.2) is 0 Å². The summed E-state index contributed by atoms with van der Waals surface area (Å²) in [5.41, 5.74) is 8.37. The number of hydrogen-bond donors (Lipinski definition) is 6. The summed E-state index contributed by atoms with van der Waals surface area (Å²) in [6.45, 7) is 0.125. The van der Waals surface area contributed by atoms with Gasteiger partial charge in [0.1, 0.15) is 0 Å². The maximum atomic E-state index is 10.4. The van der Waals surface area contributed by atoms with Gasteiger partial charge in [-0.3, -0.25) is 9.59 Å². The van der Waals surface area contributed by atoms with Crippen LogP contribution >= 0.6 is 0 Å². The quantitative estimate of drug-likeness (QED) is 0.246. The monoisotopic (exact) mass is 473 g/mol. The molecule has 8 N–H and O–H groups in total. The van der Waals surface area contributed by atoms with E-state index in [0.29, 0.717) is 6.42 Å².